The number of nitrogens with one attached hydrogen (secondary N) is 1. The quantitative estimate of drug-likeness (QED) is 0.750. The maximum absolute atomic E-state index is 12.3. The smallest absolute Gasteiger partial charge is 0.240 e. The van der Waals surface area contributed by atoms with Crippen molar-refractivity contribution in [3.8, 4) is 0 Å². The van der Waals surface area contributed by atoms with Crippen LogP contribution in [0, 0.1) is 0 Å². The zero-order valence-electron chi connectivity index (χ0n) is 14.4. The van der Waals surface area contributed by atoms with Crippen LogP contribution in [0.3, 0.4) is 0 Å². The van der Waals surface area contributed by atoms with E-state index in [4.69, 9.17) is 23.2 Å². The van der Waals surface area contributed by atoms with Gasteiger partial charge in [-0.3, -0.25) is 9.10 Å². The monoisotopic (exact) mass is 414 g/mol. The van der Waals surface area contributed by atoms with Crippen molar-refractivity contribution < 1.29 is 13.2 Å². The molecule has 1 atom stereocenters. The highest BCUT2D eigenvalue weighted by Crippen LogP contribution is 2.30. The van der Waals surface area contributed by atoms with Gasteiger partial charge in [0.2, 0.25) is 15.9 Å². The van der Waals surface area contributed by atoms with Gasteiger partial charge in [0.25, 0.3) is 0 Å². The van der Waals surface area contributed by atoms with Crippen LogP contribution in [0.4, 0.5) is 5.69 Å². The van der Waals surface area contributed by atoms with Crippen LogP contribution in [0.1, 0.15) is 18.4 Å². The molecule has 0 unspecified atom stereocenters. The Morgan fingerprint density at radius 2 is 1.81 bits per heavy atom. The second-order valence-corrected chi connectivity index (χ2v) is 8.73. The van der Waals surface area contributed by atoms with Gasteiger partial charge < -0.3 is 5.32 Å². The third-order valence-corrected chi connectivity index (χ3v) is 5.50. The van der Waals surface area contributed by atoms with Crippen LogP contribution in [0.25, 0.3) is 0 Å². The SMILES string of the molecule is C[C@H](CNC(=O)CN(c1ccc(Cl)cc1Cl)S(C)(=O)=O)c1ccccc1. The lowest BCUT2D eigenvalue weighted by atomic mass is 10.0. The van der Waals surface area contributed by atoms with Crippen molar-refractivity contribution in [3.05, 3.63) is 64.1 Å². The second kappa shape index (κ2) is 8.75. The van der Waals surface area contributed by atoms with Gasteiger partial charge in [0.15, 0.2) is 0 Å². The molecule has 2 aromatic carbocycles. The number of hydrogen-bond acceptors (Lipinski definition) is 3. The summed E-state index contributed by atoms with van der Waals surface area (Å²) in [6, 6.07) is 14.2. The minimum absolute atomic E-state index is 0.103. The van der Waals surface area contributed by atoms with Crippen LogP contribution in [0.2, 0.25) is 10.0 Å². The lowest BCUT2D eigenvalue weighted by Crippen LogP contribution is -2.41. The Bertz CT molecular complexity index is 873. The highest BCUT2D eigenvalue weighted by molar-refractivity contribution is 7.92. The van der Waals surface area contributed by atoms with E-state index in [1.54, 1.807) is 0 Å². The first-order valence-corrected chi connectivity index (χ1v) is 10.5. The van der Waals surface area contributed by atoms with Gasteiger partial charge in [-0.1, -0.05) is 60.5 Å². The third-order valence-electron chi connectivity index (χ3n) is 3.84. The van der Waals surface area contributed by atoms with E-state index in [0.29, 0.717) is 11.6 Å². The van der Waals surface area contributed by atoms with Crippen molar-refractivity contribution in [2.45, 2.75) is 12.8 Å². The van der Waals surface area contributed by atoms with E-state index in [1.165, 1.54) is 18.2 Å². The topological polar surface area (TPSA) is 66.5 Å². The molecule has 0 saturated carbocycles. The van der Waals surface area contributed by atoms with E-state index < -0.39 is 15.9 Å². The first-order chi connectivity index (χ1) is 12.2. The summed E-state index contributed by atoms with van der Waals surface area (Å²) in [6.07, 6.45) is 1.03. The van der Waals surface area contributed by atoms with Crippen LogP contribution in [0.5, 0.6) is 0 Å². The van der Waals surface area contributed by atoms with Crippen molar-refractivity contribution >= 4 is 44.8 Å². The van der Waals surface area contributed by atoms with Crippen LogP contribution in [-0.4, -0.2) is 33.7 Å². The van der Waals surface area contributed by atoms with Gasteiger partial charge in [0.1, 0.15) is 6.54 Å². The molecular weight excluding hydrogens is 395 g/mol. The maximum Gasteiger partial charge on any atom is 0.240 e. The number of halogens is 2. The standard InChI is InChI=1S/C18H20Cl2N2O3S/c1-13(14-6-4-3-5-7-14)11-21-18(23)12-22(26(2,24)25)17-9-8-15(19)10-16(17)20/h3-10,13H,11-12H2,1-2H3,(H,21,23)/t13-/m1/s1. The van der Waals surface area contributed by atoms with Gasteiger partial charge in [-0.05, 0) is 29.7 Å². The Morgan fingerprint density at radius 1 is 1.15 bits per heavy atom. The summed E-state index contributed by atoms with van der Waals surface area (Å²) in [4.78, 5) is 12.3. The first-order valence-electron chi connectivity index (χ1n) is 7.93. The average Bonchev–Trinajstić information content (AvgIpc) is 2.58. The highest BCUT2D eigenvalue weighted by atomic mass is 35.5. The van der Waals surface area contributed by atoms with Gasteiger partial charge in [0, 0.05) is 11.6 Å². The summed E-state index contributed by atoms with van der Waals surface area (Å²) < 4.78 is 25.2. The molecule has 140 valence electrons. The molecule has 0 radical (unpaired) electrons. The normalized spacial score (nSPS) is 12.5. The molecule has 26 heavy (non-hydrogen) atoms. The average molecular weight is 415 g/mol. The molecule has 2 rings (SSSR count). The Balaban J connectivity index is 2.08. The number of hydrogen-bond donors (Lipinski definition) is 1. The zero-order valence-corrected chi connectivity index (χ0v) is 16.8. The van der Waals surface area contributed by atoms with E-state index in [1.807, 2.05) is 37.3 Å². The number of nitrogens with zero attached hydrogens (tertiary/aromatic N) is 1. The highest BCUT2D eigenvalue weighted by Gasteiger charge is 2.23. The number of sulfonamides is 1. The Labute approximate surface area is 164 Å². The molecule has 0 aliphatic rings. The number of rotatable bonds is 7. The summed E-state index contributed by atoms with van der Waals surface area (Å²) in [5, 5.41) is 3.31. The fourth-order valence-electron chi connectivity index (χ4n) is 2.42. The van der Waals surface area contributed by atoms with Gasteiger partial charge in [-0.2, -0.15) is 0 Å². The first kappa shape index (κ1) is 20.6. The Kier molecular flexibility index (Phi) is 6.92. The van der Waals surface area contributed by atoms with Gasteiger partial charge in [-0.15, -0.1) is 0 Å². The van der Waals surface area contributed by atoms with E-state index in [0.717, 1.165) is 16.1 Å². The van der Waals surface area contributed by atoms with E-state index >= 15 is 0 Å². The van der Waals surface area contributed by atoms with Gasteiger partial charge in [-0.25, -0.2) is 8.42 Å². The third kappa shape index (κ3) is 5.62. The number of carbonyl (C=O) groups excluding carboxylic acids is 1. The molecule has 0 fully saturated rings. The predicted molar refractivity (Wildman–Crippen MR) is 107 cm³/mol. The second-order valence-electron chi connectivity index (χ2n) is 5.98. The number of anilines is 1. The zero-order chi connectivity index (χ0) is 19.3. The lowest BCUT2D eigenvalue weighted by molar-refractivity contribution is -0.119. The van der Waals surface area contributed by atoms with E-state index in [2.05, 4.69) is 5.32 Å². The summed E-state index contributed by atoms with van der Waals surface area (Å²) in [7, 11) is -3.69. The van der Waals surface area contributed by atoms with Crippen LogP contribution >= 0.6 is 23.2 Å². The van der Waals surface area contributed by atoms with Gasteiger partial charge >= 0.3 is 0 Å². The fourth-order valence-corrected chi connectivity index (χ4v) is 3.85. The molecule has 5 nitrogen and oxygen atoms in total. The Morgan fingerprint density at radius 3 is 2.38 bits per heavy atom. The molecule has 0 aliphatic heterocycles. The predicted octanol–water partition coefficient (Wildman–Crippen LogP) is 3.68. The van der Waals surface area contributed by atoms with Crippen molar-refractivity contribution in [2.24, 2.45) is 0 Å². The van der Waals surface area contributed by atoms with Crippen LogP contribution < -0.4 is 9.62 Å². The van der Waals surface area contributed by atoms with Crippen LogP contribution in [-0.2, 0) is 14.8 Å². The summed E-state index contributed by atoms with van der Waals surface area (Å²) >= 11 is 12.0. The summed E-state index contributed by atoms with van der Waals surface area (Å²) in [6.45, 7) is 2.02. The maximum atomic E-state index is 12.3. The lowest BCUT2D eigenvalue weighted by Gasteiger charge is -2.23. The molecule has 1 amide bonds. The molecule has 0 saturated heterocycles. The minimum atomic E-state index is -3.69. The minimum Gasteiger partial charge on any atom is -0.354 e. The summed E-state index contributed by atoms with van der Waals surface area (Å²) in [5.74, 6) is -0.310. The molecule has 0 aliphatic carbocycles. The molecule has 0 bridgehead atoms. The molecule has 0 heterocycles. The van der Waals surface area contributed by atoms with Crippen molar-refractivity contribution in [1.82, 2.24) is 5.32 Å². The molecule has 8 heteroatoms. The number of benzene rings is 2. The molecule has 1 N–H and O–H groups in total. The van der Waals surface area contributed by atoms with E-state index in [9.17, 15) is 13.2 Å². The molecule has 2 aromatic rings. The van der Waals surface area contributed by atoms with Crippen molar-refractivity contribution in [1.29, 1.82) is 0 Å². The molecule has 0 spiro atoms. The van der Waals surface area contributed by atoms with Crippen molar-refractivity contribution in [2.75, 3.05) is 23.7 Å². The number of amides is 1. The summed E-state index contributed by atoms with van der Waals surface area (Å²) in [5.41, 5.74) is 1.30. The van der Waals surface area contributed by atoms with Crippen LogP contribution in [0.15, 0.2) is 48.5 Å². The van der Waals surface area contributed by atoms with Gasteiger partial charge in [0.05, 0.1) is 17.0 Å². The van der Waals surface area contributed by atoms with Crippen molar-refractivity contribution in [3.63, 3.8) is 0 Å². The van der Waals surface area contributed by atoms with E-state index in [-0.39, 0.29) is 23.2 Å². The molecule has 0 aromatic heterocycles. The largest absolute Gasteiger partial charge is 0.354 e. The fraction of sp³-hybridized carbons (Fsp3) is 0.278. The number of carbonyl (C=O) groups is 1. The molecular formula is C18H20Cl2N2O3S. The Hall–Kier alpha value is -1.76.